The zero-order valence-corrected chi connectivity index (χ0v) is 23.1. The summed E-state index contributed by atoms with van der Waals surface area (Å²) in [7, 11) is -2.18. The van der Waals surface area contributed by atoms with Crippen molar-refractivity contribution < 1.29 is 26.7 Å². The maximum atomic E-state index is 13.9. The molecule has 0 amide bonds. The summed E-state index contributed by atoms with van der Waals surface area (Å²) in [5.74, 6) is -1.46. The number of benzene rings is 2. The second-order valence-electron chi connectivity index (χ2n) is 10.5. The van der Waals surface area contributed by atoms with Crippen molar-refractivity contribution in [2.24, 2.45) is 5.41 Å². The number of nitrogen functional groups attached to an aromatic ring is 1. The van der Waals surface area contributed by atoms with Gasteiger partial charge in [0, 0.05) is 37.7 Å². The number of rotatable bonds is 9. The normalized spacial score (nSPS) is 17.1. The van der Waals surface area contributed by atoms with Crippen LogP contribution in [0, 0.1) is 17.0 Å². The minimum absolute atomic E-state index is 0.0121. The molecule has 214 valence electrons. The van der Waals surface area contributed by atoms with Gasteiger partial charge in [-0.15, -0.1) is 0 Å². The van der Waals surface area contributed by atoms with Crippen molar-refractivity contribution in [2.75, 3.05) is 50.5 Å². The molecule has 0 bridgehead atoms. The Morgan fingerprint density at radius 3 is 2.35 bits per heavy atom. The Morgan fingerprint density at radius 1 is 1.05 bits per heavy atom. The summed E-state index contributed by atoms with van der Waals surface area (Å²) in [5.41, 5.74) is 6.46. The highest BCUT2D eigenvalue weighted by molar-refractivity contribution is 7.88. The summed E-state index contributed by atoms with van der Waals surface area (Å²) in [6.45, 7) is 3.30. The fourth-order valence-corrected chi connectivity index (χ4v) is 6.10. The number of aromatic nitrogens is 2. The van der Waals surface area contributed by atoms with E-state index in [1.54, 1.807) is 18.2 Å². The predicted octanol–water partition coefficient (Wildman–Crippen LogP) is 2.93. The first kappa shape index (κ1) is 27.8. The number of nitrogens with two attached hydrogens (primary N) is 1. The van der Waals surface area contributed by atoms with Gasteiger partial charge in [-0.25, -0.2) is 17.2 Å². The van der Waals surface area contributed by atoms with Crippen LogP contribution < -0.4 is 25.7 Å². The van der Waals surface area contributed by atoms with Crippen LogP contribution in [0.5, 0.6) is 11.5 Å². The summed E-state index contributed by atoms with van der Waals surface area (Å²) in [4.78, 5) is 15.3. The lowest BCUT2D eigenvalue weighted by molar-refractivity contribution is 0.242. The number of anilines is 2. The Morgan fingerprint density at radius 2 is 1.73 bits per heavy atom. The van der Waals surface area contributed by atoms with E-state index in [4.69, 9.17) is 15.2 Å². The molecule has 2 fully saturated rings. The first-order valence-corrected chi connectivity index (χ1v) is 14.5. The first-order chi connectivity index (χ1) is 19.0. The lowest BCUT2D eigenvalue weighted by Crippen LogP contribution is -2.49. The van der Waals surface area contributed by atoms with Gasteiger partial charge >= 0.3 is 5.56 Å². The number of ether oxygens (including phenoxy) is 2. The van der Waals surface area contributed by atoms with Crippen LogP contribution in [0.3, 0.4) is 0 Å². The van der Waals surface area contributed by atoms with Gasteiger partial charge in [0.15, 0.2) is 0 Å². The van der Waals surface area contributed by atoms with Gasteiger partial charge in [-0.2, -0.15) is 14.1 Å². The second kappa shape index (κ2) is 10.7. The van der Waals surface area contributed by atoms with Gasteiger partial charge < -0.3 is 20.1 Å². The number of methoxy groups -OCH3 is 1. The van der Waals surface area contributed by atoms with Crippen molar-refractivity contribution in [1.82, 2.24) is 14.1 Å². The van der Waals surface area contributed by atoms with Crippen LogP contribution >= 0.6 is 0 Å². The van der Waals surface area contributed by atoms with Gasteiger partial charge in [0.1, 0.15) is 23.1 Å². The third-order valence-electron chi connectivity index (χ3n) is 7.29. The van der Waals surface area contributed by atoms with E-state index in [2.05, 4.69) is 12.0 Å². The maximum absolute atomic E-state index is 13.9. The first-order valence-electron chi connectivity index (χ1n) is 12.8. The second-order valence-corrected chi connectivity index (χ2v) is 12.5. The lowest BCUT2D eigenvalue weighted by atomic mass is 10.2. The third kappa shape index (κ3) is 5.89. The molecule has 3 aromatic rings. The number of hydrogen-bond acceptors (Lipinski definition) is 8. The van der Waals surface area contributed by atoms with Crippen molar-refractivity contribution in [3.05, 3.63) is 70.1 Å². The average molecular weight is 576 g/mol. The Labute approximate surface area is 231 Å². The van der Waals surface area contributed by atoms with Crippen molar-refractivity contribution in [1.29, 1.82) is 0 Å². The number of halogens is 2. The average Bonchev–Trinajstić information content (AvgIpc) is 3.65. The van der Waals surface area contributed by atoms with Gasteiger partial charge in [-0.1, -0.05) is 13.0 Å². The topological polar surface area (TPSA) is 120 Å². The van der Waals surface area contributed by atoms with Crippen LogP contribution in [0.15, 0.2) is 47.4 Å². The molecule has 2 aromatic carbocycles. The third-order valence-corrected chi connectivity index (χ3v) is 9.14. The minimum atomic E-state index is -3.64. The standard InChI is InChI=1S/C27H31F2N5O5S/c1-27(5-6-27)17-39-25-23(15-31-34(26(25)35)21-13-19(28)12-20(29)14-21)32-7-9-33(10-8-32)40(36,37)16-18-3-4-22(30)24(11-18)38-2/h3-4,11-15H,5-10,16-17,30H2,1-2H3. The summed E-state index contributed by atoms with van der Waals surface area (Å²) in [5, 5.41) is 4.17. The number of sulfonamides is 1. The van der Waals surface area contributed by atoms with Gasteiger partial charge in [0.25, 0.3) is 0 Å². The molecule has 2 heterocycles. The summed E-state index contributed by atoms with van der Waals surface area (Å²) in [6.07, 6.45) is 3.35. The molecule has 2 aliphatic rings. The van der Waals surface area contributed by atoms with Crippen molar-refractivity contribution >= 4 is 21.4 Å². The van der Waals surface area contributed by atoms with Gasteiger partial charge in [0.2, 0.25) is 15.8 Å². The number of piperazine rings is 1. The molecule has 1 aliphatic carbocycles. The molecule has 1 saturated heterocycles. The van der Waals surface area contributed by atoms with E-state index in [9.17, 15) is 22.0 Å². The molecule has 0 atom stereocenters. The molecular formula is C27H31F2N5O5S. The van der Waals surface area contributed by atoms with Crippen LogP contribution in [0.1, 0.15) is 25.3 Å². The monoisotopic (exact) mass is 575 g/mol. The summed E-state index contributed by atoms with van der Waals surface area (Å²) >= 11 is 0. The molecule has 0 radical (unpaired) electrons. The highest BCUT2D eigenvalue weighted by Gasteiger charge is 2.39. The van der Waals surface area contributed by atoms with E-state index in [-0.39, 0.29) is 48.8 Å². The van der Waals surface area contributed by atoms with Crippen molar-refractivity contribution in [2.45, 2.75) is 25.5 Å². The molecule has 40 heavy (non-hydrogen) atoms. The Kier molecular flexibility index (Phi) is 7.44. The van der Waals surface area contributed by atoms with Crippen LogP contribution in [-0.2, 0) is 15.8 Å². The summed E-state index contributed by atoms with van der Waals surface area (Å²) in [6, 6.07) is 7.62. The van der Waals surface area contributed by atoms with Crippen molar-refractivity contribution in [3.8, 4) is 17.2 Å². The summed E-state index contributed by atoms with van der Waals surface area (Å²) < 4.78 is 67.6. The fraction of sp³-hybridized carbons (Fsp3) is 0.407. The molecule has 10 nitrogen and oxygen atoms in total. The fourth-order valence-electron chi connectivity index (χ4n) is 4.59. The Balaban J connectivity index is 1.37. The Bertz CT molecular complexity index is 1560. The molecule has 0 unspecified atom stereocenters. The highest BCUT2D eigenvalue weighted by atomic mass is 32.2. The molecule has 1 saturated carbocycles. The van der Waals surface area contributed by atoms with Crippen LogP contribution in [0.2, 0.25) is 0 Å². The molecule has 1 aromatic heterocycles. The molecule has 13 heteroatoms. The van der Waals surface area contributed by atoms with Gasteiger partial charge in [0.05, 0.1) is 37.0 Å². The van der Waals surface area contributed by atoms with E-state index >= 15 is 0 Å². The van der Waals surface area contributed by atoms with Crippen LogP contribution in [0.4, 0.5) is 20.2 Å². The lowest BCUT2D eigenvalue weighted by Gasteiger charge is -2.35. The maximum Gasteiger partial charge on any atom is 0.316 e. The minimum Gasteiger partial charge on any atom is -0.495 e. The van der Waals surface area contributed by atoms with E-state index < -0.39 is 27.2 Å². The number of hydrogen-bond donors (Lipinski definition) is 1. The van der Waals surface area contributed by atoms with E-state index in [0.717, 1.165) is 29.7 Å². The SMILES string of the molecule is COc1cc(CS(=O)(=O)N2CCN(c3cnn(-c4cc(F)cc(F)c4)c(=O)c3OCC3(C)CC3)CC2)ccc1N. The van der Waals surface area contributed by atoms with Gasteiger partial charge in [-0.05, 0) is 42.7 Å². The Hall–Kier alpha value is -3.71. The predicted molar refractivity (Wildman–Crippen MR) is 146 cm³/mol. The molecular weight excluding hydrogens is 544 g/mol. The molecule has 2 N–H and O–H groups in total. The van der Waals surface area contributed by atoms with Gasteiger partial charge in [-0.3, -0.25) is 4.79 Å². The van der Waals surface area contributed by atoms with E-state index in [1.165, 1.54) is 17.6 Å². The molecule has 0 spiro atoms. The zero-order valence-electron chi connectivity index (χ0n) is 22.3. The van der Waals surface area contributed by atoms with E-state index in [1.807, 2.05) is 4.90 Å². The zero-order chi connectivity index (χ0) is 28.7. The number of nitrogens with zero attached hydrogens (tertiary/aromatic N) is 4. The van der Waals surface area contributed by atoms with Crippen molar-refractivity contribution in [3.63, 3.8) is 0 Å². The van der Waals surface area contributed by atoms with E-state index in [0.29, 0.717) is 35.4 Å². The van der Waals surface area contributed by atoms with Crippen LogP contribution in [-0.4, -0.2) is 62.4 Å². The molecule has 1 aliphatic heterocycles. The quantitative estimate of drug-likeness (QED) is 0.387. The highest BCUT2D eigenvalue weighted by Crippen LogP contribution is 2.45. The largest absolute Gasteiger partial charge is 0.495 e. The smallest absolute Gasteiger partial charge is 0.316 e. The molecule has 5 rings (SSSR count). The van der Waals surface area contributed by atoms with Crippen LogP contribution in [0.25, 0.3) is 5.69 Å².